The summed E-state index contributed by atoms with van der Waals surface area (Å²) in [4.78, 5) is 143. The van der Waals surface area contributed by atoms with Crippen molar-refractivity contribution in [3.63, 3.8) is 0 Å². The summed E-state index contributed by atoms with van der Waals surface area (Å²) in [6.07, 6.45) is -0.816. The largest absolute Gasteiger partial charge is 0.481 e. The number of ether oxygens (including phenoxy) is 2. The molecule has 118 heavy (non-hydrogen) atoms. The first-order valence-corrected chi connectivity index (χ1v) is 39.1. The van der Waals surface area contributed by atoms with E-state index in [9.17, 15) is 66.2 Å². The number of hydrogen-bond donors (Lipinski definition) is 5. The van der Waals surface area contributed by atoms with Crippen LogP contribution in [0.25, 0.3) is 0 Å². The Morgan fingerprint density at radius 3 is 1.02 bits per heavy atom. The van der Waals surface area contributed by atoms with Gasteiger partial charge in [0.2, 0.25) is 35.8 Å². The van der Waals surface area contributed by atoms with E-state index in [2.05, 4.69) is 35.4 Å². The molecule has 632 valence electrons. The normalized spacial score (nSPS) is 16.7. The fourth-order valence-electron chi connectivity index (χ4n) is 13.2. The van der Waals surface area contributed by atoms with Crippen molar-refractivity contribution in [2.24, 2.45) is 79.7 Å². The third kappa shape index (κ3) is 28.3. The number of amides is 6. The van der Waals surface area contributed by atoms with E-state index in [0.29, 0.717) is 55.4 Å². The molecule has 0 fully saturated rings. The molecule has 0 aliphatic carbocycles. The highest BCUT2D eigenvalue weighted by Gasteiger charge is 2.42. The molecule has 0 radical (unpaired) electrons. The van der Waals surface area contributed by atoms with Crippen LogP contribution in [0.4, 0.5) is 30.2 Å². The summed E-state index contributed by atoms with van der Waals surface area (Å²) < 4.78 is 43.5. The number of aliphatic imine (C=N–C) groups is 3. The molecule has 0 spiro atoms. The second-order valence-electron chi connectivity index (χ2n) is 32.0. The predicted molar refractivity (Wildman–Crippen MR) is 457 cm³/mol. The molecular weight excluding hydrogens is 1510 g/mol. The van der Waals surface area contributed by atoms with Gasteiger partial charge in [-0.05, 0) is 116 Å². The molecule has 0 bridgehead atoms. The number of nitrogens with one attached hydrogen (secondary N) is 2. The minimum atomic E-state index is -4.64. The lowest BCUT2D eigenvalue weighted by Gasteiger charge is -2.30. The molecule has 3 aliphatic rings. The molecule has 6 aromatic carbocycles. The molecule has 26 heteroatoms. The van der Waals surface area contributed by atoms with Gasteiger partial charge in [0.1, 0.15) is 11.2 Å². The fourth-order valence-corrected chi connectivity index (χ4v) is 13.2. The fraction of sp³-hybridized carbons (Fsp3) is 0.402. The number of carbonyl (C=O) groups excluding carboxylic acids is 9. The standard InChI is InChI=1S/C31H39N3O4.C27H32N4O3.C16H15N3O.C15H26O4.C3H3F3O/c1-8-14-22(30(37)38-31(4,5)6)24(19-20(2)3)28(35)33-27-29(36)34(7)25-18-13-12-17-23(25)26(32-27)21-15-10-9-11-16-21;1-5-11-19(24(28)32)21(16-17(2)3)26(33)30-25-27(34)31(4)22-15-10-9-14-20(22)23(29-25)18-12-7-6-8-13-18;1-19-13-10-6-5-9-12(13)14(18-15(17)16(19)20)11-7-3-2-4-8-11;1-7-8-11(14(18)19-15(4,5)6)12(13(16)17)9-10(2)3;1-2(7)3(4,5)6/h8-13,15-18,20,22,24,27H,1,14,19H2,2-7H3,(H,33,35);5-10,12-15,17,19,21,25H,1,11,16H2,2-4H3,(H2,28,32)(H,30,33);2-10,15H,17H2,1H3;7,10-12H,1,8-9H2,2-6H3,(H,16,17);1H3/t22-,24+,27?;19-,21+,25?;;11-,12+;/m00.0./s1. The van der Waals surface area contributed by atoms with E-state index in [-0.39, 0.29) is 48.3 Å². The minimum Gasteiger partial charge on any atom is -0.481 e. The van der Waals surface area contributed by atoms with Gasteiger partial charge in [-0.25, -0.2) is 9.98 Å². The maximum Gasteiger partial charge on any atom is 0.449 e. The summed E-state index contributed by atoms with van der Waals surface area (Å²) in [5.41, 5.74) is 19.5. The number of rotatable bonds is 26. The lowest BCUT2D eigenvalue weighted by molar-refractivity contribution is -0.168. The zero-order valence-electron chi connectivity index (χ0n) is 70.4. The van der Waals surface area contributed by atoms with Gasteiger partial charge in [-0.3, -0.25) is 52.9 Å². The van der Waals surface area contributed by atoms with E-state index in [1.54, 1.807) is 85.8 Å². The van der Waals surface area contributed by atoms with Crippen LogP contribution in [0.1, 0.15) is 162 Å². The molecule has 0 saturated heterocycles. The molecule has 0 saturated carbocycles. The number of halogens is 3. The van der Waals surface area contributed by atoms with Gasteiger partial charge in [-0.2, -0.15) is 13.2 Å². The SMILES string of the molecule is C=CC[C@H](C(=O)OC(C)(C)C)[C@@H](CC(C)C)C(=O)NC1N=C(c2ccccc2)c2ccccc2N(C)C1=O.C=CC[C@H](C(=O)OC(C)(C)C)[C@@H](CC(C)C)C(=O)O.C=CC[C@H](C(N)=O)[C@@H](CC(C)C)C(=O)NC1N=C(c2ccccc2)c2ccccc2N(C)C1=O.CC(=O)C(F)(F)F.CN1C(=O)C(N)N=C(c2ccccc2)c2ccccc21. The number of carboxylic acid groups (broad SMARTS) is 1. The molecule has 9 atom stereocenters. The Morgan fingerprint density at radius 1 is 0.458 bits per heavy atom. The third-order valence-corrected chi connectivity index (χ3v) is 18.8. The molecular formula is C92H115F3N10O13. The number of esters is 2. The lowest BCUT2D eigenvalue weighted by Crippen LogP contribution is -2.50. The van der Waals surface area contributed by atoms with Crippen LogP contribution < -0.4 is 36.8 Å². The quantitative estimate of drug-likeness (QED) is 0.0249. The van der Waals surface area contributed by atoms with E-state index < -0.39 is 113 Å². The topological polar surface area (TPSA) is 332 Å². The Balaban J connectivity index is 0.000000282. The van der Waals surface area contributed by atoms with Crippen LogP contribution in [0.5, 0.6) is 0 Å². The number of primary amides is 1. The molecule has 7 N–H and O–H groups in total. The Bertz CT molecular complexity index is 4590. The summed E-state index contributed by atoms with van der Waals surface area (Å²) in [7, 11) is 5.07. The van der Waals surface area contributed by atoms with Crippen LogP contribution in [0.3, 0.4) is 0 Å². The smallest absolute Gasteiger partial charge is 0.449 e. The number of carboxylic acids is 1. The van der Waals surface area contributed by atoms with Gasteiger partial charge in [-0.1, -0.05) is 205 Å². The number of benzodiazepines with no additional fused rings is 3. The second-order valence-corrected chi connectivity index (χ2v) is 32.0. The molecule has 3 aliphatic heterocycles. The van der Waals surface area contributed by atoms with Gasteiger partial charge in [0.15, 0.2) is 6.17 Å². The van der Waals surface area contributed by atoms with Crippen LogP contribution in [0, 0.1) is 53.3 Å². The van der Waals surface area contributed by atoms with E-state index in [0.717, 1.165) is 44.8 Å². The van der Waals surface area contributed by atoms with Gasteiger partial charge in [0, 0.05) is 61.4 Å². The summed E-state index contributed by atoms with van der Waals surface area (Å²) in [6.45, 7) is 34.1. The van der Waals surface area contributed by atoms with Gasteiger partial charge >= 0.3 is 24.1 Å². The van der Waals surface area contributed by atoms with Gasteiger partial charge in [-0.15, -0.1) is 19.7 Å². The summed E-state index contributed by atoms with van der Waals surface area (Å²) in [5.74, 6) is -9.75. The number of likely N-dealkylation sites (N-methyl/N-ethyl adjacent to an activating group) is 3. The molecule has 3 heterocycles. The maximum absolute atomic E-state index is 13.8. The molecule has 6 aromatic rings. The van der Waals surface area contributed by atoms with Crippen LogP contribution in [-0.4, -0.2) is 138 Å². The number of aliphatic carboxylic acids is 1. The van der Waals surface area contributed by atoms with Crippen molar-refractivity contribution in [2.75, 3.05) is 35.8 Å². The Hall–Kier alpha value is -11.8. The third-order valence-electron chi connectivity index (χ3n) is 18.8. The average molecular weight is 1630 g/mol. The number of nitrogens with zero attached hydrogens (tertiary/aromatic N) is 6. The highest BCUT2D eigenvalue weighted by molar-refractivity contribution is 6.22. The Labute approximate surface area is 691 Å². The highest BCUT2D eigenvalue weighted by Crippen LogP contribution is 2.35. The van der Waals surface area contributed by atoms with Crippen molar-refractivity contribution < 1.29 is 75.7 Å². The highest BCUT2D eigenvalue weighted by atomic mass is 19.4. The van der Waals surface area contributed by atoms with Crippen LogP contribution in [-0.2, 0) is 57.4 Å². The van der Waals surface area contributed by atoms with Crippen LogP contribution in [0.15, 0.2) is 217 Å². The van der Waals surface area contributed by atoms with Crippen molar-refractivity contribution in [2.45, 2.75) is 164 Å². The second kappa shape index (κ2) is 44.5. The first-order chi connectivity index (χ1) is 55.4. The summed E-state index contributed by atoms with van der Waals surface area (Å²) >= 11 is 0. The summed E-state index contributed by atoms with van der Waals surface area (Å²) in [5, 5.41) is 15.0. The van der Waals surface area contributed by atoms with Crippen LogP contribution >= 0.6 is 0 Å². The first kappa shape index (κ1) is 96.8. The van der Waals surface area contributed by atoms with Gasteiger partial charge in [0.25, 0.3) is 17.7 Å². The zero-order valence-corrected chi connectivity index (χ0v) is 70.4. The first-order valence-electron chi connectivity index (χ1n) is 39.1. The lowest BCUT2D eigenvalue weighted by atomic mass is 9.82. The molecule has 0 aromatic heterocycles. The van der Waals surface area contributed by atoms with Crippen molar-refractivity contribution in [3.05, 3.63) is 235 Å². The number of fused-ring (bicyclic) bond motifs is 3. The van der Waals surface area contributed by atoms with E-state index >= 15 is 0 Å². The maximum atomic E-state index is 13.8. The minimum absolute atomic E-state index is 0.126. The molecule has 23 nitrogen and oxygen atoms in total. The number of ketones is 1. The number of Topliss-reactive ketones (excluding diaryl/α,β-unsaturated/α-hetero) is 1. The van der Waals surface area contributed by atoms with E-state index in [4.69, 9.17) is 30.9 Å². The number of anilines is 3. The molecule has 9 rings (SSSR count). The van der Waals surface area contributed by atoms with Crippen LogP contribution in [0.2, 0.25) is 0 Å². The number of carbonyl (C=O) groups is 10. The molecule has 3 unspecified atom stereocenters. The van der Waals surface area contributed by atoms with Crippen molar-refractivity contribution in [1.82, 2.24) is 10.6 Å². The van der Waals surface area contributed by atoms with Crippen molar-refractivity contribution >= 4 is 93.3 Å². The summed E-state index contributed by atoms with van der Waals surface area (Å²) in [6, 6.07) is 51.6. The number of para-hydroxylation sites is 3. The number of benzene rings is 6. The predicted octanol–water partition coefficient (Wildman–Crippen LogP) is 14.6. The monoisotopic (exact) mass is 1620 g/mol. The number of hydrogen-bond acceptors (Lipinski definition) is 16. The van der Waals surface area contributed by atoms with Gasteiger partial charge in [0.05, 0.1) is 69.7 Å². The van der Waals surface area contributed by atoms with Crippen molar-refractivity contribution in [3.8, 4) is 0 Å². The van der Waals surface area contributed by atoms with E-state index in [1.165, 1.54) is 9.80 Å². The zero-order chi connectivity index (χ0) is 88.3. The van der Waals surface area contributed by atoms with Gasteiger partial charge < -0.3 is 51.4 Å². The number of allylic oxidation sites excluding steroid dienone is 3. The average Bonchev–Trinajstić information content (AvgIpc) is 1.64. The number of alkyl halides is 3. The number of nitrogens with two attached hydrogens (primary N) is 2. The Kier molecular flexibility index (Phi) is 36.5. The molecule has 6 amide bonds. The van der Waals surface area contributed by atoms with Crippen molar-refractivity contribution in [1.29, 1.82) is 0 Å². The van der Waals surface area contributed by atoms with E-state index in [1.807, 2.05) is 205 Å². The Morgan fingerprint density at radius 2 is 0.729 bits per heavy atom.